The topological polar surface area (TPSA) is 0 Å². The molecule has 0 aliphatic heterocycles. The lowest BCUT2D eigenvalue weighted by molar-refractivity contribution is 0.469. The highest BCUT2D eigenvalue weighted by molar-refractivity contribution is 5.65. The molecule has 0 bridgehead atoms. The minimum absolute atomic E-state index is 0.500. The van der Waals surface area contributed by atoms with Crippen LogP contribution < -0.4 is 0 Å². The van der Waals surface area contributed by atoms with Crippen molar-refractivity contribution >= 4 is 5.57 Å². The van der Waals surface area contributed by atoms with Crippen molar-refractivity contribution in [3.05, 3.63) is 54.1 Å². The average Bonchev–Trinajstić information content (AvgIpc) is 2.38. The molecule has 22 heavy (non-hydrogen) atoms. The second-order valence-electron chi connectivity index (χ2n) is 7.16. The molecule has 126 valence electrons. The van der Waals surface area contributed by atoms with E-state index in [0.29, 0.717) is 5.41 Å². The van der Waals surface area contributed by atoms with Crippen molar-refractivity contribution < 1.29 is 0 Å². The van der Waals surface area contributed by atoms with E-state index in [1.807, 2.05) is 6.92 Å². The summed E-state index contributed by atoms with van der Waals surface area (Å²) in [5, 5.41) is 0. The summed E-state index contributed by atoms with van der Waals surface area (Å²) in [7, 11) is 0. The maximum Gasteiger partial charge on any atom is -0.0228 e. The van der Waals surface area contributed by atoms with Crippen LogP contribution in [0.5, 0.6) is 0 Å². The highest BCUT2D eigenvalue weighted by Crippen LogP contribution is 2.20. The zero-order chi connectivity index (χ0) is 17.6. The third-order valence-corrected chi connectivity index (χ3v) is 2.39. The van der Waals surface area contributed by atoms with Gasteiger partial charge in [0.25, 0.3) is 0 Å². The van der Waals surface area contributed by atoms with Gasteiger partial charge in [-0.05, 0) is 43.2 Å². The van der Waals surface area contributed by atoms with E-state index in [2.05, 4.69) is 85.4 Å². The molecule has 0 radical (unpaired) electrons. The second kappa shape index (κ2) is 13.4. The van der Waals surface area contributed by atoms with Gasteiger partial charge in [0.1, 0.15) is 0 Å². The van der Waals surface area contributed by atoms with Crippen LogP contribution in [-0.4, -0.2) is 0 Å². The Morgan fingerprint density at radius 3 is 1.77 bits per heavy atom. The van der Waals surface area contributed by atoms with Gasteiger partial charge in [-0.15, -0.1) is 6.58 Å². The number of benzene rings is 1. The smallest absolute Gasteiger partial charge is 0.0228 e. The Morgan fingerprint density at radius 1 is 1.05 bits per heavy atom. The minimum atomic E-state index is 0.500. The largest absolute Gasteiger partial charge is 0.103 e. The third-order valence-electron chi connectivity index (χ3n) is 2.39. The first-order valence-corrected chi connectivity index (χ1v) is 8.52. The zero-order valence-corrected chi connectivity index (χ0v) is 16.3. The normalized spacial score (nSPS) is 10.8. The quantitative estimate of drug-likeness (QED) is 0.497. The Morgan fingerprint density at radius 2 is 1.45 bits per heavy atom. The first-order valence-electron chi connectivity index (χ1n) is 8.52. The summed E-state index contributed by atoms with van der Waals surface area (Å²) in [6.45, 7) is 20.6. The minimum Gasteiger partial charge on any atom is -0.103 e. The number of allylic oxidation sites excluding steroid dienone is 3. The molecule has 1 rings (SSSR count). The van der Waals surface area contributed by atoms with Gasteiger partial charge in [-0.25, -0.2) is 0 Å². The molecular weight excluding hydrogens is 264 g/mol. The van der Waals surface area contributed by atoms with Gasteiger partial charge in [-0.1, -0.05) is 89.9 Å². The molecule has 0 atom stereocenters. The van der Waals surface area contributed by atoms with Crippen molar-refractivity contribution in [3.8, 4) is 0 Å². The lowest BCUT2D eigenvalue weighted by Gasteiger charge is -2.06. The van der Waals surface area contributed by atoms with E-state index in [1.54, 1.807) is 6.08 Å². The molecule has 1 aromatic rings. The molecule has 0 fully saturated rings. The number of rotatable bonds is 4. The van der Waals surface area contributed by atoms with Crippen LogP contribution in [0.4, 0.5) is 0 Å². The first kappa shape index (κ1) is 23.0. The van der Waals surface area contributed by atoms with Gasteiger partial charge in [-0.3, -0.25) is 0 Å². The van der Waals surface area contributed by atoms with E-state index in [0.717, 1.165) is 6.42 Å². The molecule has 0 unspecified atom stereocenters. The van der Waals surface area contributed by atoms with Crippen molar-refractivity contribution in [1.29, 1.82) is 0 Å². The molecule has 0 heteroatoms. The summed E-state index contributed by atoms with van der Waals surface area (Å²) < 4.78 is 0. The summed E-state index contributed by atoms with van der Waals surface area (Å²) in [6.07, 6.45) is 7.63. The molecular formula is C22H38. The summed E-state index contributed by atoms with van der Waals surface area (Å²) in [6, 6.07) is 8.84. The fourth-order valence-corrected chi connectivity index (χ4v) is 1.65. The number of hydrogen-bond acceptors (Lipinski definition) is 0. The van der Waals surface area contributed by atoms with E-state index >= 15 is 0 Å². The van der Waals surface area contributed by atoms with E-state index in [9.17, 15) is 0 Å². The third kappa shape index (κ3) is 16.8. The average molecular weight is 303 g/mol. The molecule has 0 aromatic heterocycles. The number of aryl methyl sites for hydroxylation is 1. The van der Waals surface area contributed by atoms with E-state index in [-0.39, 0.29) is 0 Å². The van der Waals surface area contributed by atoms with E-state index in [4.69, 9.17) is 0 Å². The van der Waals surface area contributed by atoms with Crippen molar-refractivity contribution in [3.63, 3.8) is 0 Å². The molecule has 0 amide bonds. The predicted molar refractivity (Wildman–Crippen MR) is 105 cm³/mol. The van der Waals surface area contributed by atoms with Gasteiger partial charge in [0.2, 0.25) is 0 Å². The Labute approximate surface area is 140 Å². The highest BCUT2D eigenvalue weighted by atomic mass is 14.0. The Hall–Kier alpha value is -1.30. The van der Waals surface area contributed by atoms with Gasteiger partial charge in [-0.2, -0.15) is 0 Å². The first-order chi connectivity index (χ1) is 10.2. The van der Waals surface area contributed by atoms with Crippen LogP contribution in [-0.2, 0) is 0 Å². The molecule has 0 saturated heterocycles. The SMILES string of the molecule is C=CC.CC(C)(C)C.CC/C=C(\CCC)c1ccc(C)cc1. The van der Waals surface area contributed by atoms with E-state index in [1.165, 1.54) is 29.5 Å². The number of hydrogen-bond donors (Lipinski definition) is 0. The van der Waals surface area contributed by atoms with Crippen molar-refractivity contribution in [2.75, 3.05) is 0 Å². The second-order valence-corrected chi connectivity index (χ2v) is 7.16. The fourth-order valence-electron chi connectivity index (χ4n) is 1.65. The van der Waals surface area contributed by atoms with Crippen LogP contribution in [0.2, 0.25) is 0 Å². The molecule has 0 aliphatic carbocycles. The van der Waals surface area contributed by atoms with Crippen LogP contribution in [0.25, 0.3) is 5.57 Å². The van der Waals surface area contributed by atoms with Crippen LogP contribution >= 0.6 is 0 Å². The Bertz CT molecular complexity index is 393. The molecule has 0 saturated carbocycles. The van der Waals surface area contributed by atoms with Gasteiger partial charge in [0.15, 0.2) is 0 Å². The molecule has 0 spiro atoms. The molecule has 0 aliphatic rings. The standard InChI is InChI=1S/C14H20.C5H12.C3H6/c1-4-6-13(7-5-2)14-10-8-12(3)9-11-14;1-5(2,3)4;1-3-2/h6,8-11H,4-5,7H2,1-3H3;1-4H3;3H,1H2,2H3/b13-6+;;. The molecule has 1 aromatic carbocycles. The van der Waals surface area contributed by atoms with Crippen LogP contribution in [0, 0.1) is 12.3 Å². The summed E-state index contributed by atoms with van der Waals surface area (Å²) >= 11 is 0. The highest BCUT2D eigenvalue weighted by Gasteiger charge is 1.98. The Balaban J connectivity index is 0. The van der Waals surface area contributed by atoms with Gasteiger partial charge in [0.05, 0.1) is 0 Å². The van der Waals surface area contributed by atoms with Gasteiger partial charge >= 0.3 is 0 Å². The van der Waals surface area contributed by atoms with Crippen LogP contribution in [0.3, 0.4) is 0 Å². The van der Waals surface area contributed by atoms with Crippen LogP contribution in [0.1, 0.15) is 78.9 Å². The van der Waals surface area contributed by atoms with Crippen LogP contribution in [0.15, 0.2) is 43.0 Å². The van der Waals surface area contributed by atoms with Crippen molar-refractivity contribution in [2.45, 2.75) is 74.7 Å². The lowest BCUT2D eigenvalue weighted by atomic mass is 9.99. The molecule has 0 nitrogen and oxygen atoms in total. The predicted octanol–water partition coefficient (Wildman–Crippen LogP) is 7.83. The van der Waals surface area contributed by atoms with Crippen molar-refractivity contribution in [2.24, 2.45) is 5.41 Å². The maximum absolute atomic E-state index is 3.36. The van der Waals surface area contributed by atoms with E-state index < -0.39 is 0 Å². The van der Waals surface area contributed by atoms with Crippen molar-refractivity contribution in [1.82, 2.24) is 0 Å². The maximum atomic E-state index is 3.36. The zero-order valence-electron chi connectivity index (χ0n) is 16.3. The monoisotopic (exact) mass is 302 g/mol. The lowest BCUT2D eigenvalue weighted by Crippen LogP contribution is -1.93. The Kier molecular flexibility index (Phi) is 14.0. The summed E-state index contributed by atoms with van der Waals surface area (Å²) in [5.74, 6) is 0. The summed E-state index contributed by atoms with van der Waals surface area (Å²) in [4.78, 5) is 0. The summed E-state index contributed by atoms with van der Waals surface area (Å²) in [5.41, 5.74) is 4.72. The van der Waals surface area contributed by atoms with Gasteiger partial charge in [0, 0.05) is 0 Å². The molecule has 0 N–H and O–H groups in total. The fraction of sp³-hybridized carbons (Fsp3) is 0.545. The van der Waals surface area contributed by atoms with Gasteiger partial charge < -0.3 is 0 Å². The molecule has 0 heterocycles.